The molecule has 0 heterocycles. The van der Waals surface area contributed by atoms with E-state index >= 15 is 0 Å². The molecule has 1 aliphatic carbocycles. The monoisotopic (exact) mass is 383 g/mol. The van der Waals surface area contributed by atoms with Crippen molar-refractivity contribution in [2.75, 3.05) is 0 Å². The van der Waals surface area contributed by atoms with E-state index in [0.29, 0.717) is 12.3 Å². The molecule has 0 saturated carbocycles. The minimum Gasteiger partial charge on any atom is -0.345 e. The Hall–Kier alpha value is -2.87. The van der Waals surface area contributed by atoms with E-state index in [1.807, 2.05) is 36.4 Å². The van der Waals surface area contributed by atoms with Crippen molar-refractivity contribution in [2.24, 2.45) is 0 Å². The van der Waals surface area contributed by atoms with Gasteiger partial charge in [-0.05, 0) is 60.3 Å². The van der Waals surface area contributed by atoms with E-state index in [2.05, 4.69) is 53.8 Å². The second-order valence-corrected chi connectivity index (χ2v) is 8.00. The molecule has 3 aromatic carbocycles. The fourth-order valence-corrected chi connectivity index (χ4v) is 4.55. The Morgan fingerprint density at radius 3 is 2.17 bits per heavy atom. The van der Waals surface area contributed by atoms with Gasteiger partial charge in [0.05, 0.1) is 6.04 Å². The van der Waals surface area contributed by atoms with E-state index in [4.69, 9.17) is 0 Å². The van der Waals surface area contributed by atoms with E-state index < -0.39 is 0 Å². The Morgan fingerprint density at radius 2 is 1.48 bits per heavy atom. The third kappa shape index (κ3) is 4.95. The van der Waals surface area contributed by atoms with Crippen molar-refractivity contribution in [2.45, 2.75) is 50.5 Å². The average Bonchev–Trinajstić information content (AvgIpc) is 2.79. The maximum atomic E-state index is 12.8. The Bertz CT molecular complexity index is 880. The molecule has 0 radical (unpaired) electrons. The van der Waals surface area contributed by atoms with Gasteiger partial charge in [0.1, 0.15) is 0 Å². The van der Waals surface area contributed by atoms with Crippen LogP contribution in [0.5, 0.6) is 0 Å². The molecule has 1 atom stereocenters. The molecular weight excluding hydrogens is 354 g/mol. The van der Waals surface area contributed by atoms with Gasteiger partial charge in [-0.2, -0.15) is 0 Å². The molecule has 1 amide bonds. The normalized spacial score (nSPS) is 15.7. The number of hydrogen-bond donors (Lipinski definition) is 1. The second-order valence-electron chi connectivity index (χ2n) is 8.00. The van der Waals surface area contributed by atoms with E-state index in [1.54, 1.807) is 0 Å². The molecule has 3 aromatic rings. The number of hydrogen-bond acceptors (Lipinski definition) is 1. The molecule has 0 bridgehead atoms. The number of aryl methyl sites for hydroxylation is 1. The highest BCUT2D eigenvalue weighted by molar-refractivity contribution is 5.77. The highest BCUT2D eigenvalue weighted by Crippen LogP contribution is 2.35. The van der Waals surface area contributed by atoms with Gasteiger partial charge in [-0.1, -0.05) is 84.9 Å². The summed E-state index contributed by atoms with van der Waals surface area (Å²) in [6.07, 6.45) is 6.30. The maximum Gasteiger partial charge on any atom is 0.220 e. The standard InChI is InChI=1S/C27H29NO/c29-26(20-10-18-22-17-9-16-21-11-7-8-19-25(21)22)28-27(23-12-3-1-4-13-23)24-14-5-2-6-15-24/h1-8,11-15,19,22,27H,9-10,16-18,20H2,(H,28,29). The van der Waals surface area contributed by atoms with Gasteiger partial charge in [0.15, 0.2) is 0 Å². The summed E-state index contributed by atoms with van der Waals surface area (Å²) in [4.78, 5) is 12.8. The van der Waals surface area contributed by atoms with Crippen molar-refractivity contribution in [1.82, 2.24) is 5.32 Å². The van der Waals surface area contributed by atoms with Crippen LogP contribution in [-0.4, -0.2) is 5.91 Å². The highest BCUT2D eigenvalue weighted by Gasteiger charge is 2.20. The molecule has 4 rings (SSSR count). The lowest BCUT2D eigenvalue weighted by Crippen LogP contribution is -2.29. The van der Waals surface area contributed by atoms with Gasteiger partial charge in [0, 0.05) is 6.42 Å². The minimum atomic E-state index is -0.0969. The minimum absolute atomic E-state index is 0.0969. The predicted molar refractivity (Wildman–Crippen MR) is 119 cm³/mol. The Balaban J connectivity index is 1.37. The Kier molecular flexibility index (Phi) is 6.41. The van der Waals surface area contributed by atoms with Crippen LogP contribution in [0, 0.1) is 0 Å². The van der Waals surface area contributed by atoms with Crippen LogP contribution in [0.4, 0.5) is 0 Å². The predicted octanol–water partition coefficient (Wildman–Crippen LogP) is 6.18. The number of benzene rings is 3. The first-order chi connectivity index (χ1) is 14.3. The van der Waals surface area contributed by atoms with Gasteiger partial charge in [0.2, 0.25) is 5.91 Å². The van der Waals surface area contributed by atoms with Crippen LogP contribution < -0.4 is 5.32 Å². The van der Waals surface area contributed by atoms with Crippen LogP contribution in [0.1, 0.15) is 66.3 Å². The van der Waals surface area contributed by atoms with Crippen molar-refractivity contribution >= 4 is 5.91 Å². The van der Waals surface area contributed by atoms with Gasteiger partial charge in [-0.25, -0.2) is 0 Å². The number of amides is 1. The number of carbonyl (C=O) groups excluding carboxylic acids is 1. The van der Waals surface area contributed by atoms with Crippen molar-refractivity contribution in [3.8, 4) is 0 Å². The van der Waals surface area contributed by atoms with Gasteiger partial charge >= 0.3 is 0 Å². The van der Waals surface area contributed by atoms with E-state index in [1.165, 1.54) is 30.4 Å². The van der Waals surface area contributed by atoms with Crippen LogP contribution in [0.2, 0.25) is 0 Å². The van der Waals surface area contributed by atoms with Crippen LogP contribution in [-0.2, 0) is 11.2 Å². The molecule has 0 aliphatic heterocycles. The third-order valence-electron chi connectivity index (χ3n) is 6.02. The summed E-state index contributed by atoms with van der Waals surface area (Å²) >= 11 is 0. The lowest BCUT2D eigenvalue weighted by molar-refractivity contribution is -0.121. The summed E-state index contributed by atoms with van der Waals surface area (Å²) in [5, 5.41) is 3.27. The lowest BCUT2D eigenvalue weighted by atomic mass is 9.80. The summed E-state index contributed by atoms with van der Waals surface area (Å²) in [6.45, 7) is 0. The third-order valence-corrected chi connectivity index (χ3v) is 6.02. The number of rotatable bonds is 7. The SMILES string of the molecule is O=C(CCCC1CCCc2ccccc21)NC(c1ccccc1)c1ccccc1. The molecule has 1 N–H and O–H groups in total. The van der Waals surface area contributed by atoms with Crippen LogP contribution in [0.15, 0.2) is 84.9 Å². The van der Waals surface area contributed by atoms with Crippen LogP contribution in [0.25, 0.3) is 0 Å². The van der Waals surface area contributed by atoms with Crippen LogP contribution in [0.3, 0.4) is 0 Å². The highest BCUT2D eigenvalue weighted by atomic mass is 16.1. The van der Waals surface area contributed by atoms with Gasteiger partial charge in [-0.3, -0.25) is 4.79 Å². The molecule has 148 valence electrons. The molecule has 0 fully saturated rings. The fraction of sp³-hybridized carbons (Fsp3) is 0.296. The first kappa shape index (κ1) is 19.4. The zero-order valence-corrected chi connectivity index (χ0v) is 16.9. The lowest BCUT2D eigenvalue weighted by Gasteiger charge is -2.25. The quantitative estimate of drug-likeness (QED) is 0.518. The molecule has 2 nitrogen and oxygen atoms in total. The first-order valence-corrected chi connectivity index (χ1v) is 10.8. The second kappa shape index (κ2) is 9.56. The zero-order valence-electron chi connectivity index (χ0n) is 16.9. The average molecular weight is 384 g/mol. The summed E-state index contributed by atoms with van der Waals surface area (Å²) in [5.74, 6) is 0.735. The molecular formula is C27H29NO. The molecule has 0 saturated heterocycles. The summed E-state index contributed by atoms with van der Waals surface area (Å²) in [6, 6.07) is 29.2. The molecule has 1 unspecified atom stereocenters. The van der Waals surface area contributed by atoms with Gasteiger partial charge in [-0.15, -0.1) is 0 Å². The summed E-state index contributed by atoms with van der Waals surface area (Å²) < 4.78 is 0. The summed E-state index contributed by atoms with van der Waals surface area (Å²) in [7, 11) is 0. The van der Waals surface area contributed by atoms with Crippen molar-refractivity contribution in [3.05, 3.63) is 107 Å². The topological polar surface area (TPSA) is 29.1 Å². The van der Waals surface area contributed by atoms with Crippen LogP contribution >= 0.6 is 0 Å². The smallest absolute Gasteiger partial charge is 0.220 e. The van der Waals surface area contributed by atoms with E-state index in [-0.39, 0.29) is 11.9 Å². The van der Waals surface area contributed by atoms with Gasteiger partial charge in [0.25, 0.3) is 0 Å². The summed E-state index contributed by atoms with van der Waals surface area (Å²) in [5.41, 5.74) is 5.24. The van der Waals surface area contributed by atoms with Crippen molar-refractivity contribution in [3.63, 3.8) is 0 Å². The number of carbonyl (C=O) groups is 1. The molecule has 0 spiro atoms. The maximum absolute atomic E-state index is 12.8. The molecule has 1 aliphatic rings. The van der Waals surface area contributed by atoms with Crippen molar-refractivity contribution < 1.29 is 4.79 Å². The molecule has 0 aromatic heterocycles. The molecule has 2 heteroatoms. The zero-order chi connectivity index (χ0) is 19.9. The van der Waals surface area contributed by atoms with Crippen molar-refractivity contribution in [1.29, 1.82) is 0 Å². The van der Waals surface area contributed by atoms with Gasteiger partial charge < -0.3 is 5.32 Å². The largest absolute Gasteiger partial charge is 0.345 e. The van der Waals surface area contributed by atoms with E-state index in [9.17, 15) is 4.79 Å². The Labute approximate surface area is 174 Å². The molecule has 29 heavy (non-hydrogen) atoms. The fourth-order valence-electron chi connectivity index (χ4n) is 4.55. The Morgan fingerprint density at radius 1 is 0.862 bits per heavy atom. The number of fused-ring (bicyclic) bond motifs is 1. The first-order valence-electron chi connectivity index (χ1n) is 10.8. The number of nitrogens with one attached hydrogen (secondary N) is 1. The van der Waals surface area contributed by atoms with E-state index in [0.717, 1.165) is 24.0 Å².